The lowest BCUT2D eigenvalue weighted by molar-refractivity contribution is -0.113. The van der Waals surface area contributed by atoms with Crippen LogP contribution in [0.2, 0.25) is 0 Å². The number of ether oxygens (including phenoxy) is 1. The summed E-state index contributed by atoms with van der Waals surface area (Å²) in [7, 11) is 1.85. The van der Waals surface area contributed by atoms with Crippen LogP contribution in [-0.4, -0.2) is 44.0 Å². The summed E-state index contributed by atoms with van der Waals surface area (Å²) in [5, 5.41) is 12.5. The number of carbonyl (C=O) groups is 2. The van der Waals surface area contributed by atoms with Gasteiger partial charge in [-0.1, -0.05) is 24.2 Å². The molecule has 0 saturated heterocycles. The monoisotopic (exact) mass is 471 g/mol. The van der Waals surface area contributed by atoms with Gasteiger partial charge in [0.1, 0.15) is 10.7 Å². The molecule has 168 valence electrons. The van der Waals surface area contributed by atoms with Crippen molar-refractivity contribution in [3.8, 4) is 11.5 Å². The van der Waals surface area contributed by atoms with E-state index < -0.39 is 0 Å². The Kier molecular flexibility index (Phi) is 7.21. The van der Waals surface area contributed by atoms with Gasteiger partial charge in [-0.3, -0.25) is 9.78 Å². The van der Waals surface area contributed by atoms with Gasteiger partial charge in [0.25, 0.3) is 0 Å². The van der Waals surface area contributed by atoms with Gasteiger partial charge in [0.05, 0.1) is 17.9 Å². The molecule has 0 fully saturated rings. The Morgan fingerprint density at radius 1 is 1.22 bits per heavy atom. The second-order valence-corrected chi connectivity index (χ2v) is 9.45. The number of aromatic nitrogens is 4. The largest absolute Gasteiger partial charge is 0.462 e. The Bertz CT molecular complexity index is 1110. The van der Waals surface area contributed by atoms with Crippen LogP contribution >= 0.6 is 23.1 Å². The zero-order valence-electron chi connectivity index (χ0n) is 18.1. The summed E-state index contributed by atoms with van der Waals surface area (Å²) in [6.07, 6.45) is 6.79. The van der Waals surface area contributed by atoms with E-state index in [-0.39, 0.29) is 17.6 Å². The van der Waals surface area contributed by atoms with E-state index in [9.17, 15) is 9.59 Å². The number of fused-ring (bicyclic) bond motifs is 1. The molecule has 0 unspecified atom stereocenters. The molecular weight excluding hydrogens is 446 g/mol. The summed E-state index contributed by atoms with van der Waals surface area (Å²) in [5.41, 5.74) is 2.29. The number of carbonyl (C=O) groups excluding carboxylic acids is 2. The van der Waals surface area contributed by atoms with Gasteiger partial charge in [0.15, 0.2) is 11.0 Å². The molecule has 10 heteroatoms. The number of nitrogens with one attached hydrogen (secondary N) is 1. The fraction of sp³-hybridized carbons (Fsp3) is 0.409. The number of nitrogens with zero attached hydrogens (tertiary/aromatic N) is 4. The molecule has 3 aromatic rings. The van der Waals surface area contributed by atoms with Crippen molar-refractivity contribution >= 4 is 40.0 Å². The Labute approximate surface area is 194 Å². The van der Waals surface area contributed by atoms with Crippen LogP contribution in [0.4, 0.5) is 5.00 Å². The third-order valence-electron chi connectivity index (χ3n) is 5.22. The number of anilines is 1. The minimum Gasteiger partial charge on any atom is -0.462 e. The average molecular weight is 472 g/mol. The molecule has 0 saturated carbocycles. The van der Waals surface area contributed by atoms with Crippen molar-refractivity contribution in [3.05, 3.63) is 40.4 Å². The summed E-state index contributed by atoms with van der Waals surface area (Å²) in [4.78, 5) is 30.9. The van der Waals surface area contributed by atoms with Gasteiger partial charge >= 0.3 is 5.97 Å². The third kappa shape index (κ3) is 4.86. The van der Waals surface area contributed by atoms with E-state index in [0.717, 1.165) is 43.4 Å². The SMILES string of the molecule is CCOC(=O)c1c(NC(=O)CSc2nnc(-c3ccccn3)n2C)sc2c1CCCCC2. The first kappa shape index (κ1) is 22.5. The van der Waals surface area contributed by atoms with Gasteiger partial charge in [-0.15, -0.1) is 21.5 Å². The minimum atomic E-state index is -0.358. The van der Waals surface area contributed by atoms with Gasteiger partial charge in [-0.05, 0) is 50.3 Å². The lowest BCUT2D eigenvalue weighted by Crippen LogP contribution is -2.17. The highest BCUT2D eigenvalue weighted by atomic mass is 32.2. The van der Waals surface area contributed by atoms with Crippen LogP contribution in [0.1, 0.15) is 47.0 Å². The van der Waals surface area contributed by atoms with Crippen molar-refractivity contribution in [3.63, 3.8) is 0 Å². The number of rotatable bonds is 7. The van der Waals surface area contributed by atoms with Crippen LogP contribution in [0.15, 0.2) is 29.6 Å². The summed E-state index contributed by atoms with van der Waals surface area (Å²) in [5.74, 6) is 0.238. The molecule has 1 N–H and O–H groups in total. The van der Waals surface area contributed by atoms with E-state index in [2.05, 4.69) is 20.5 Å². The number of thioether (sulfide) groups is 1. The first-order chi connectivity index (χ1) is 15.6. The van der Waals surface area contributed by atoms with Crippen molar-refractivity contribution < 1.29 is 14.3 Å². The van der Waals surface area contributed by atoms with E-state index in [1.54, 1.807) is 13.1 Å². The molecule has 32 heavy (non-hydrogen) atoms. The highest BCUT2D eigenvalue weighted by Gasteiger charge is 2.26. The number of esters is 1. The maximum absolute atomic E-state index is 12.7. The molecule has 4 rings (SSSR count). The van der Waals surface area contributed by atoms with Crippen LogP contribution in [0.25, 0.3) is 11.5 Å². The van der Waals surface area contributed by atoms with Crippen molar-refractivity contribution in [1.82, 2.24) is 19.7 Å². The van der Waals surface area contributed by atoms with Crippen LogP contribution < -0.4 is 5.32 Å². The van der Waals surface area contributed by atoms with Gasteiger partial charge in [-0.2, -0.15) is 0 Å². The summed E-state index contributed by atoms with van der Waals surface area (Å²) in [6, 6.07) is 5.60. The molecule has 0 aliphatic heterocycles. The van der Waals surface area contributed by atoms with Crippen molar-refractivity contribution in [1.29, 1.82) is 0 Å². The Hall–Kier alpha value is -2.72. The quantitative estimate of drug-likeness (QED) is 0.314. The molecule has 3 aromatic heterocycles. The predicted molar refractivity (Wildman–Crippen MR) is 125 cm³/mol. The molecule has 0 bridgehead atoms. The molecule has 1 aliphatic carbocycles. The zero-order chi connectivity index (χ0) is 22.5. The second-order valence-electron chi connectivity index (χ2n) is 7.41. The first-order valence-corrected chi connectivity index (χ1v) is 12.4. The molecule has 1 aliphatic rings. The predicted octanol–water partition coefficient (Wildman–Crippen LogP) is 4.12. The topological polar surface area (TPSA) is 99.0 Å². The summed E-state index contributed by atoms with van der Waals surface area (Å²) in [6.45, 7) is 2.09. The number of hydrogen-bond acceptors (Lipinski definition) is 8. The number of amides is 1. The maximum atomic E-state index is 12.7. The fourth-order valence-corrected chi connectivity index (χ4v) is 5.71. The third-order valence-corrected chi connectivity index (χ3v) is 7.44. The molecule has 0 aromatic carbocycles. The highest BCUT2D eigenvalue weighted by Crippen LogP contribution is 2.38. The standard InChI is InChI=1S/C22H25N5O3S2/c1-3-30-21(29)18-14-9-5-4-6-11-16(14)32-20(18)24-17(28)13-31-22-26-25-19(27(22)2)15-10-7-8-12-23-15/h7-8,10,12H,3-6,9,11,13H2,1-2H3,(H,24,28). The van der Waals surface area contributed by atoms with E-state index in [1.165, 1.54) is 28.0 Å². The number of thiophene rings is 1. The Balaban J connectivity index is 1.47. The van der Waals surface area contributed by atoms with Crippen molar-refractivity contribution in [2.45, 2.75) is 44.2 Å². The Morgan fingerprint density at radius 2 is 2.06 bits per heavy atom. The molecule has 0 radical (unpaired) electrons. The van der Waals surface area contributed by atoms with Crippen molar-refractivity contribution in [2.24, 2.45) is 7.05 Å². The zero-order valence-corrected chi connectivity index (χ0v) is 19.7. The van der Waals surface area contributed by atoms with E-state index in [0.29, 0.717) is 28.2 Å². The molecule has 8 nitrogen and oxygen atoms in total. The maximum Gasteiger partial charge on any atom is 0.341 e. The van der Waals surface area contributed by atoms with E-state index >= 15 is 0 Å². The van der Waals surface area contributed by atoms with Crippen LogP contribution in [0.3, 0.4) is 0 Å². The van der Waals surface area contributed by atoms with Crippen LogP contribution in [0.5, 0.6) is 0 Å². The summed E-state index contributed by atoms with van der Waals surface area (Å²) >= 11 is 2.79. The summed E-state index contributed by atoms with van der Waals surface area (Å²) < 4.78 is 7.11. The van der Waals surface area contributed by atoms with Crippen molar-refractivity contribution in [2.75, 3.05) is 17.7 Å². The number of aryl methyl sites for hydroxylation is 1. The molecule has 0 spiro atoms. The average Bonchev–Trinajstić information content (AvgIpc) is 3.23. The first-order valence-electron chi connectivity index (χ1n) is 10.6. The second kappa shape index (κ2) is 10.3. The lowest BCUT2D eigenvalue weighted by Gasteiger charge is -2.08. The van der Waals surface area contributed by atoms with E-state index in [1.807, 2.05) is 29.8 Å². The van der Waals surface area contributed by atoms with Gasteiger partial charge < -0.3 is 14.6 Å². The lowest BCUT2D eigenvalue weighted by atomic mass is 10.1. The Morgan fingerprint density at radius 3 is 2.84 bits per heavy atom. The number of hydrogen-bond donors (Lipinski definition) is 1. The van der Waals surface area contributed by atoms with Gasteiger partial charge in [0.2, 0.25) is 5.91 Å². The van der Waals surface area contributed by atoms with E-state index in [4.69, 9.17) is 4.74 Å². The molecular formula is C22H25N5O3S2. The number of pyridine rings is 1. The molecule has 3 heterocycles. The normalized spacial score (nSPS) is 13.3. The van der Waals surface area contributed by atoms with Crippen LogP contribution in [-0.2, 0) is 29.4 Å². The van der Waals surface area contributed by atoms with Gasteiger partial charge in [-0.25, -0.2) is 4.79 Å². The fourth-order valence-electron chi connectivity index (χ4n) is 3.70. The smallest absolute Gasteiger partial charge is 0.341 e. The van der Waals surface area contributed by atoms with Gasteiger partial charge in [0, 0.05) is 18.1 Å². The molecule has 0 atom stereocenters. The highest BCUT2D eigenvalue weighted by molar-refractivity contribution is 7.99. The minimum absolute atomic E-state index is 0.152. The molecule has 1 amide bonds. The van der Waals surface area contributed by atoms with Crippen LogP contribution in [0, 0.1) is 0 Å².